The summed E-state index contributed by atoms with van der Waals surface area (Å²) in [6.45, 7) is 3.39. The Morgan fingerprint density at radius 1 is 1.19 bits per heavy atom. The SMILES string of the molecule is CCOC1CN(c2c(F)cc(NC(=O)OCc3ccccc3)cc2F)C1. The van der Waals surface area contributed by atoms with Gasteiger partial charge in [0.15, 0.2) is 11.6 Å². The predicted molar refractivity (Wildman–Crippen MR) is 94.2 cm³/mol. The van der Waals surface area contributed by atoms with E-state index in [9.17, 15) is 13.6 Å². The van der Waals surface area contributed by atoms with Crippen molar-refractivity contribution in [3.05, 3.63) is 59.7 Å². The quantitative estimate of drug-likeness (QED) is 0.846. The minimum absolute atomic E-state index is 0.00342. The number of hydrogen-bond acceptors (Lipinski definition) is 4. The Bertz CT molecular complexity index is 742. The molecule has 0 unspecified atom stereocenters. The van der Waals surface area contributed by atoms with E-state index in [0.717, 1.165) is 17.7 Å². The minimum atomic E-state index is -0.777. The molecule has 0 radical (unpaired) electrons. The molecule has 0 aromatic heterocycles. The van der Waals surface area contributed by atoms with Crippen LogP contribution in [0.15, 0.2) is 42.5 Å². The van der Waals surface area contributed by atoms with E-state index in [1.54, 1.807) is 4.90 Å². The third kappa shape index (κ3) is 4.29. The van der Waals surface area contributed by atoms with Gasteiger partial charge in [0, 0.05) is 25.4 Å². The van der Waals surface area contributed by atoms with Crippen molar-refractivity contribution in [2.45, 2.75) is 19.6 Å². The van der Waals surface area contributed by atoms with Gasteiger partial charge in [-0.3, -0.25) is 5.32 Å². The molecule has 0 spiro atoms. The number of carbonyl (C=O) groups is 1. The number of hydrogen-bond donors (Lipinski definition) is 1. The Morgan fingerprint density at radius 2 is 1.85 bits per heavy atom. The fourth-order valence-corrected chi connectivity index (χ4v) is 2.78. The third-order valence-electron chi connectivity index (χ3n) is 4.04. The van der Waals surface area contributed by atoms with Crippen LogP contribution in [0.4, 0.5) is 25.0 Å². The summed E-state index contributed by atoms with van der Waals surface area (Å²) in [7, 11) is 0. The Hall–Kier alpha value is -2.67. The van der Waals surface area contributed by atoms with Crippen molar-refractivity contribution in [2.75, 3.05) is 29.9 Å². The van der Waals surface area contributed by atoms with E-state index in [0.29, 0.717) is 19.7 Å². The molecule has 0 saturated carbocycles. The standard InChI is InChI=1S/C19H20F2N2O3/c1-2-25-15-10-23(11-15)18-16(20)8-14(9-17(18)21)22-19(24)26-12-13-6-4-3-5-7-13/h3-9,15H,2,10-12H2,1H3,(H,22,24). The zero-order valence-electron chi connectivity index (χ0n) is 14.4. The normalized spacial score (nSPS) is 14.0. The lowest BCUT2D eigenvalue weighted by Crippen LogP contribution is -2.53. The monoisotopic (exact) mass is 362 g/mol. The third-order valence-corrected chi connectivity index (χ3v) is 4.04. The number of nitrogens with zero attached hydrogens (tertiary/aromatic N) is 1. The molecule has 2 aromatic rings. The summed E-state index contributed by atoms with van der Waals surface area (Å²) in [5.74, 6) is -1.48. The maximum Gasteiger partial charge on any atom is 0.411 e. The van der Waals surface area contributed by atoms with Crippen molar-refractivity contribution < 1.29 is 23.0 Å². The summed E-state index contributed by atoms with van der Waals surface area (Å²) in [4.78, 5) is 13.4. The van der Waals surface area contributed by atoms with Crippen LogP contribution in [0.3, 0.4) is 0 Å². The fraction of sp³-hybridized carbons (Fsp3) is 0.316. The predicted octanol–water partition coefficient (Wildman–Crippen LogP) is 3.94. The molecule has 0 atom stereocenters. The van der Waals surface area contributed by atoms with Gasteiger partial charge >= 0.3 is 6.09 Å². The van der Waals surface area contributed by atoms with Crippen LogP contribution in [0.5, 0.6) is 0 Å². The second-order valence-corrected chi connectivity index (χ2v) is 5.96. The highest BCUT2D eigenvalue weighted by Crippen LogP contribution is 2.31. The molecule has 1 N–H and O–H groups in total. The molecule has 1 aliphatic rings. The lowest BCUT2D eigenvalue weighted by Gasteiger charge is -2.40. The summed E-state index contributed by atoms with van der Waals surface area (Å²) in [6, 6.07) is 11.3. The molecular weight excluding hydrogens is 342 g/mol. The largest absolute Gasteiger partial charge is 0.444 e. The number of halogens is 2. The maximum absolute atomic E-state index is 14.3. The lowest BCUT2D eigenvalue weighted by molar-refractivity contribution is 0.0425. The van der Waals surface area contributed by atoms with Gasteiger partial charge in [0.05, 0.1) is 6.10 Å². The van der Waals surface area contributed by atoms with Gasteiger partial charge in [-0.1, -0.05) is 30.3 Å². The Labute approximate surface area is 150 Å². The van der Waals surface area contributed by atoms with Crippen molar-refractivity contribution in [1.29, 1.82) is 0 Å². The first kappa shape index (κ1) is 18.1. The number of anilines is 2. The van der Waals surface area contributed by atoms with Crippen LogP contribution in [0.1, 0.15) is 12.5 Å². The molecule has 138 valence electrons. The first-order chi connectivity index (χ1) is 12.6. The van der Waals surface area contributed by atoms with E-state index in [1.807, 2.05) is 37.3 Å². The smallest absolute Gasteiger partial charge is 0.411 e. The molecule has 2 aromatic carbocycles. The van der Waals surface area contributed by atoms with E-state index >= 15 is 0 Å². The molecule has 1 amide bonds. The summed E-state index contributed by atoms with van der Waals surface area (Å²) in [5, 5.41) is 2.34. The van der Waals surface area contributed by atoms with Crippen molar-refractivity contribution >= 4 is 17.5 Å². The molecule has 1 fully saturated rings. The molecule has 1 aliphatic heterocycles. The second-order valence-electron chi connectivity index (χ2n) is 5.96. The second kappa shape index (κ2) is 8.14. The highest BCUT2D eigenvalue weighted by molar-refractivity contribution is 5.85. The average molecular weight is 362 g/mol. The molecule has 7 heteroatoms. The van der Waals surface area contributed by atoms with Crippen LogP contribution >= 0.6 is 0 Å². The van der Waals surface area contributed by atoms with Crippen molar-refractivity contribution in [1.82, 2.24) is 0 Å². The fourth-order valence-electron chi connectivity index (χ4n) is 2.78. The van der Waals surface area contributed by atoms with Crippen molar-refractivity contribution in [3.63, 3.8) is 0 Å². The lowest BCUT2D eigenvalue weighted by atomic mass is 10.1. The van der Waals surface area contributed by atoms with Gasteiger partial charge in [-0.25, -0.2) is 13.6 Å². The number of ether oxygens (including phenoxy) is 2. The Morgan fingerprint density at radius 3 is 2.46 bits per heavy atom. The zero-order chi connectivity index (χ0) is 18.5. The first-order valence-corrected chi connectivity index (χ1v) is 8.40. The molecule has 26 heavy (non-hydrogen) atoms. The highest BCUT2D eigenvalue weighted by Gasteiger charge is 2.31. The van der Waals surface area contributed by atoms with Gasteiger partial charge in [0.2, 0.25) is 0 Å². The molecule has 3 rings (SSSR count). The van der Waals surface area contributed by atoms with Crippen molar-refractivity contribution in [3.8, 4) is 0 Å². The van der Waals surface area contributed by atoms with Gasteiger partial charge in [-0.15, -0.1) is 0 Å². The average Bonchev–Trinajstić information content (AvgIpc) is 2.58. The van der Waals surface area contributed by atoms with E-state index in [-0.39, 0.29) is 24.1 Å². The molecule has 1 saturated heterocycles. The van der Waals surface area contributed by atoms with Gasteiger partial charge in [0.1, 0.15) is 12.3 Å². The van der Waals surface area contributed by atoms with Crippen LogP contribution in [0, 0.1) is 11.6 Å². The number of carbonyl (C=O) groups excluding carboxylic acids is 1. The van der Waals surface area contributed by atoms with E-state index in [2.05, 4.69) is 5.32 Å². The number of amides is 1. The van der Waals surface area contributed by atoms with Gasteiger partial charge in [0.25, 0.3) is 0 Å². The first-order valence-electron chi connectivity index (χ1n) is 8.40. The van der Waals surface area contributed by atoms with E-state index in [4.69, 9.17) is 9.47 Å². The summed E-state index contributed by atoms with van der Waals surface area (Å²) in [5.41, 5.74) is 0.713. The maximum atomic E-state index is 14.3. The van der Waals surface area contributed by atoms with Crippen LogP contribution in [-0.4, -0.2) is 31.9 Å². The summed E-state index contributed by atoms with van der Waals surface area (Å²) < 4.78 is 39.0. The number of rotatable bonds is 6. The van der Waals surface area contributed by atoms with Crippen molar-refractivity contribution in [2.24, 2.45) is 0 Å². The molecule has 5 nitrogen and oxygen atoms in total. The van der Waals surface area contributed by atoms with Crippen LogP contribution < -0.4 is 10.2 Å². The minimum Gasteiger partial charge on any atom is -0.444 e. The highest BCUT2D eigenvalue weighted by atomic mass is 19.1. The van der Waals surface area contributed by atoms with E-state index in [1.165, 1.54) is 0 Å². The zero-order valence-corrected chi connectivity index (χ0v) is 14.4. The Balaban J connectivity index is 1.58. The molecule has 1 heterocycles. The summed E-state index contributed by atoms with van der Waals surface area (Å²) in [6.07, 6.45) is -0.787. The Kier molecular flexibility index (Phi) is 5.68. The summed E-state index contributed by atoms with van der Waals surface area (Å²) >= 11 is 0. The molecule has 0 bridgehead atoms. The van der Waals surface area contributed by atoms with Gasteiger partial charge < -0.3 is 14.4 Å². The van der Waals surface area contributed by atoms with Crippen LogP contribution in [0.2, 0.25) is 0 Å². The van der Waals surface area contributed by atoms with Crippen LogP contribution in [0.25, 0.3) is 0 Å². The van der Waals surface area contributed by atoms with Crippen LogP contribution in [-0.2, 0) is 16.1 Å². The topological polar surface area (TPSA) is 50.8 Å². The van der Waals surface area contributed by atoms with Gasteiger partial charge in [-0.05, 0) is 24.6 Å². The number of benzene rings is 2. The number of nitrogens with one attached hydrogen (secondary N) is 1. The van der Waals surface area contributed by atoms with Gasteiger partial charge in [-0.2, -0.15) is 0 Å². The van der Waals surface area contributed by atoms with E-state index < -0.39 is 17.7 Å². The molecule has 0 aliphatic carbocycles. The molecular formula is C19H20F2N2O3.